The molecule has 0 aliphatic rings. The van der Waals surface area contributed by atoms with Gasteiger partial charge in [-0.05, 0) is 48.4 Å². The highest BCUT2D eigenvalue weighted by Gasteiger charge is 2.11. The molecule has 1 amide bonds. The van der Waals surface area contributed by atoms with E-state index < -0.39 is 0 Å². The standard InChI is InChI=1S/C21H21FN4O3/c1-28-18-9-7-16(13-19(18)29-2)24-21(27)17-8-10-20(26-25-17)23-12-11-14-3-5-15(22)6-4-14/h3-10,13H,11-12H2,1-2H3,(H,23,26)(H,24,27). The quantitative estimate of drug-likeness (QED) is 0.606. The van der Waals surface area contributed by atoms with Gasteiger partial charge in [-0.1, -0.05) is 12.1 Å². The largest absolute Gasteiger partial charge is 0.493 e. The zero-order valence-electron chi connectivity index (χ0n) is 16.1. The Labute approximate surface area is 167 Å². The van der Waals surface area contributed by atoms with Crippen LogP contribution in [0.1, 0.15) is 16.1 Å². The molecule has 0 aliphatic carbocycles. The molecule has 3 aromatic rings. The fourth-order valence-corrected chi connectivity index (χ4v) is 2.64. The second-order valence-corrected chi connectivity index (χ2v) is 6.13. The van der Waals surface area contributed by atoms with Gasteiger partial charge in [-0.15, -0.1) is 10.2 Å². The van der Waals surface area contributed by atoms with Crippen LogP contribution >= 0.6 is 0 Å². The SMILES string of the molecule is COc1ccc(NC(=O)c2ccc(NCCc3ccc(F)cc3)nn2)cc1OC. The van der Waals surface area contributed by atoms with E-state index in [1.807, 2.05) is 0 Å². The van der Waals surface area contributed by atoms with Crippen LogP contribution in [0.25, 0.3) is 0 Å². The summed E-state index contributed by atoms with van der Waals surface area (Å²) in [5.41, 5.74) is 1.75. The monoisotopic (exact) mass is 396 g/mol. The zero-order chi connectivity index (χ0) is 20.6. The number of hydrogen-bond acceptors (Lipinski definition) is 6. The summed E-state index contributed by atoms with van der Waals surface area (Å²) < 4.78 is 23.3. The van der Waals surface area contributed by atoms with Crippen molar-refractivity contribution in [2.45, 2.75) is 6.42 Å². The predicted molar refractivity (Wildman–Crippen MR) is 108 cm³/mol. The molecule has 0 aliphatic heterocycles. The molecule has 0 unspecified atom stereocenters. The highest BCUT2D eigenvalue weighted by molar-refractivity contribution is 6.02. The summed E-state index contributed by atoms with van der Waals surface area (Å²) >= 11 is 0. The topological polar surface area (TPSA) is 85.4 Å². The molecule has 0 radical (unpaired) electrons. The molecule has 29 heavy (non-hydrogen) atoms. The number of ether oxygens (including phenoxy) is 2. The van der Waals surface area contributed by atoms with E-state index >= 15 is 0 Å². The second-order valence-electron chi connectivity index (χ2n) is 6.13. The normalized spacial score (nSPS) is 10.3. The number of carbonyl (C=O) groups is 1. The fraction of sp³-hybridized carbons (Fsp3) is 0.190. The summed E-state index contributed by atoms with van der Waals surface area (Å²) in [6, 6.07) is 14.7. The molecule has 150 valence electrons. The van der Waals surface area contributed by atoms with Crippen LogP contribution in [0.3, 0.4) is 0 Å². The maximum atomic E-state index is 12.9. The minimum Gasteiger partial charge on any atom is -0.493 e. The van der Waals surface area contributed by atoms with E-state index in [0.29, 0.717) is 36.0 Å². The first-order chi connectivity index (χ1) is 14.1. The first-order valence-electron chi connectivity index (χ1n) is 8.94. The molecule has 7 nitrogen and oxygen atoms in total. The van der Waals surface area contributed by atoms with Crippen LogP contribution < -0.4 is 20.1 Å². The second kappa shape index (κ2) is 9.50. The van der Waals surface area contributed by atoms with Crippen molar-refractivity contribution in [1.29, 1.82) is 0 Å². The zero-order valence-corrected chi connectivity index (χ0v) is 16.1. The van der Waals surface area contributed by atoms with Crippen LogP contribution in [0.2, 0.25) is 0 Å². The Kier molecular flexibility index (Phi) is 6.57. The van der Waals surface area contributed by atoms with Crippen LogP contribution in [-0.2, 0) is 6.42 Å². The Hall–Kier alpha value is -3.68. The summed E-state index contributed by atoms with van der Waals surface area (Å²) in [4.78, 5) is 12.4. The third-order valence-electron chi connectivity index (χ3n) is 4.17. The van der Waals surface area contributed by atoms with E-state index in [-0.39, 0.29) is 17.4 Å². The van der Waals surface area contributed by atoms with Crippen molar-refractivity contribution in [3.8, 4) is 11.5 Å². The lowest BCUT2D eigenvalue weighted by Gasteiger charge is -2.10. The molecule has 2 N–H and O–H groups in total. The Morgan fingerprint density at radius 1 is 0.966 bits per heavy atom. The van der Waals surface area contributed by atoms with Crippen molar-refractivity contribution in [1.82, 2.24) is 10.2 Å². The third-order valence-corrected chi connectivity index (χ3v) is 4.17. The third kappa shape index (κ3) is 5.41. The van der Waals surface area contributed by atoms with Crippen molar-refractivity contribution >= 4 is 17.4 Å². The average Bonchev–Trinajstić information content (AvgIpc) is 2.75. The number of nitrogens with one attached hydrogen (secondary N) is 2. The van der Waals surface area contributed by atoms with E-state index in [0.717, 1.165) is 5.56 Å². The van der Waals surface area contributed by atoms with E-state index in [9.17, 15) is 9.18 Å². The number of aromatic nitrogens is 2. The molecular formula is C21H21FN4O3. The number of benzene rings is 2. The Balaban J connectivity index is 1.55. The summed E-state index contributed by atoms with van der Waals surface area (Å²) in [6.07, 6.45) is 0.712. The minimum absolute atomic E-state index is 0.184. The van der Waals surface area contributed by atoms with Gasteiger partial charge in [0.1, 0.15) is 11.6 Å². The molecule has 3 rings (SSSR count). The van der Waals surface area contributed by atoms with Gasteiger partial charge in [0, 0.05) is 18.3 Å². The molecule has 0 bridgehead atoms. The Morgan fingerprint density at radius 2 is 1.72 bits per heavy atom. The maximum Gasteiger partial charge on any atom is 0.276 e. The van der Waals surface area contributed by atoms with Crippen molar-refractivity contribution < 1.29 is 18.7 Å². The molecule has 0 saturated carbocycles. The highest BCUT2D eigenvalue weighted by atomic mass is 19.1. The minimum atomic E-state index is -0.386. The predicted octanol–water partition coefficient (Wildman–Crippen LogP) is 3.54. The van der Waals surface area contributed by atoms with Gasteiger partial charge in [0.15, 0.2) is 17.2 Å². The molecule has 0 fully saturated rings. The van der Waals surface area contributed by atoms with Crippen molar-refractivity contribution in [2.75, 3.05) is 31.4 Å². The number of anilines is 2. The van der Waals surface area contributed by atoms with Gasteiger partial charge in [0.05, 0.1) is 14.2 Å². The molecule has 1 aromatic heterocycles. The first-order valence-corrected chi connectivity index (χ1v) is 8.94. The van der Waals surface area contributed by atoms with Crippen LogP contribution in [-0.4, -0.2) is 36.9 Å². The number of halogens is 1. The molecule has 0 atom stereocenters. The van der Waals surface area contributed by atoms with E-state index in [1.54, 1.807) is 49.6 Å². The molecular weight excluding hydrogens is 375 g/mol. The van der Waals surface area contributed by atoms with Crippen LogP contribution in [0.5, 0.6) is 11.5 Å². The molecule has 0 spiro atoms. The lowest BCUT2D eigenvalue weighted by molar-refractivity contribution is 0.102. The Morgan fingerprint density at radius 3 is 2.38 bits per heavy atom. The smallest absolute Gasteiger partial charge is 0.276 e. The van der Waals surface area contributed by atoms with Gasteiger partial charge < -0.3 is 20.1 Å². The summed E-state index contributed by atoms with van der Waals surface area (Å²) in [6.45, 7) is 0.609. The van der Waals surface area contributed by atoms with Gasteiger partial charge in [0.25, 0.3) is 5.91 Å². The maximum absolute atomic E-state index is 12.9. The van der Waals surface area contributed by atoms with Gasteiger partial charge in [-0.25, -0.2) is 4.39 Å². The number of hydrogen-bond donors (Lipinski definition) is 2. The van der Waals surface area contributed by atoms with Crippen LogP contribution in [0.4, 0.5) is 15.9 Å². The van der Waals surface area contributed by atoms with Gasteiger partial charge >= 0.3 is 0 Å². The molecule has 0 saturated heterocycles. The van der Waals surface area contributed by atoms with Crippen molar-refractivity contribution in [3.05, 3.63) is 71.7 Å². The number of rotatable bonds is 8. The van der Waals surface area contributed by atoms with Gasteiger partial charge in [-0.2, -0.15) is 0 Å². The van der Waals surface area contributed by atoms with Crippen molar-refractivity contribution in [3.63, 3.8) is 0 Å². The van der Waals surface area contributed by atoms with Crippen molar-refractivity contribution in [2.24, 2.45) is 0 Å². The summed E-state index contributed by atoms with van der Waals surface area (Å²) in [7, 11) is 3.07. The van der Waals surface area contributed by atoms with Crippen LogP contribution in [0.15, 0.2) is 54.6 Å². The Bertz CT molecular complexity index is 963. The van der Waals surface area contributed by atoms with Gasteiger partial charge in [-0.3, -0.25) is 4.79 Å². The fourth-order valence-electron chi connectivity index (χ4n) is 2.64. The van der Waals surface area contributed by atoms with E-state index in [4.69, 9.17) is 9.47 Å². The van der Waals surface area contributed by atoms with Gasteiger partial charge in [0.2, 0.25) is 0 Å². The number of nitrogens with zero attached hydrogens (tertiary/aromatic N) is 2. The number of carbonyl (C=O) groups excluding carboxylic acids is 1. The lowest BCUT2D eigenvalue weighted by atomic mass is 10.1. The molecule has 1 heterocycles. The summed E-state index contributed by atoms with van der Waals surface area (Å²) in [5.74, 6) is 0.991. The molecule has 2 aromatic carbocycles. The summed E-state index contributed by atoms with van der Waals surface area (Å²) in [5, 5.41) is 13.8. The highest BCUT2D eigenvalue weighted by Crippen LogP contribution is 2.29. The number of amides is 1. The van der Waals surface area contributed by atoms with Crippen LogP contribution in [0, 0.1) is 5.82 Å². The first kappa shape index (κ1) is 20.1. The van der Waals surface area contributed by atoms with E-state index in [1.165, 1.54) is 19.2 Å². The molecule has 8 heteroatoms. The lowest BCUT2D eigenvalue weighted by Crippen LogP contribution is -2.15. The number of methoxy groups -OCH3 is 2. The van der Waals surface area contributed by atoms with E-state index in [2.05, 4.69) is 20.8 Å². The average molecular weight is 396 g/mol.